The molecule has 4 aliphatic carbocycles. The van der Waals surface area contributed by atoms with Crippen molar-refractivity contribution >= 4 is 30.5 Å². The number of nitrogens with zero attached hydrogens (tertiary/aromatic N) is 2. The van der Waals surface area contributed by atoms with Gasteiger partial charge < -0.3 is 19.5 Å². The van der Waals surface area contributed by atoms with E-state index in [1.165, 1.54) is 44.2 Å². The molecule has 5 fully saturated rings. The number of aliphatic hydroxyl groups is 1. The van der Waals surface area contributed by atoms with Crippen LogP contribution >= 0.6 is 24.8 Å². The number of hydrogen-bond acceptors (Lipinski definition) is 5. The molecule has 176 valence electrons. The number of methoxy groups -OCH3 is 1. The van der Waals surface area contributed by atoms with Crippen LogP contribution in [0.1, 0.15) is 38.5 Å². The number of piperazine rings is 1. The molecule has 0 spiro atoms. The van der Waals surface area contributed by atoms with Crippen molar-refractivity contribution in [3.8, 4) is 5.75 Å². The van der Waals surface area contributed by atoms with E-state index in [-0.39, 0.29) is 36.5 Å². The molecule has 1 unspecified atom stereocenters. The third kappa shape index (κ3) is 5.44. The first kappa shape index (κ1) is 24.9. The summed E-state index contributed by atoms with van der Waals surface area (Å²) >= 11 is 0. The Morgan fingerprint density at radius 2 is 1.55 bits per heavy atom. The minimum Gasteiger partial charge on any atom is -0.495 e. The van der Waals surface area contributed by atoms with Crippen LogP contribution in [0.25, 0.3) is 0 Å². The van der Waals surface area contributed by atoms with Crippen LogP contribution in [-0.2, 0) is 4.74 Å². The van der Waals surface area contributed by atoms with Crippen LogP contribution in [0.5, 0.6) is 5.75 Å². The van der Waals surface area contributed by atoms with Gasteiger partial charge >= 0.3 is 0 Å². The molecule has 1 saturated heterocycles. The van der Waals surface area contributed by atoms with Crippen LogP contribution in [0.15, 0.2) is 24.3 Å². The van der Waals surface area contributed by atoms with Crippen molar-refractivity contribution in [1.82, 2.24) is 4.90 Å². The van der Waals surface area contributed by atoms with Crippen molar-refractivity contribution in [3.05, 3.63) is 24.3 Å². The smallest absolute Gasteiger partial charge is 0.142 e. The molecule has 1 atom stereocenters. The van der Waals surface area contributed by atoms with Gasteiger partial charge in [-0.2, -0.15) is 0 Å². The first-order chi connectivity index (χ1) is 14.1. The first-order valence-electron chi connectivity index (χ1n) is 11.5. The summed E-state index contributed by atoms with van der Waals surface area (Å²) in [5, 5.41) is 10.7. The van der Waals surface area contributed by atoms with Gasteiger partial charge in [0.15, 0.2) is 0 Å². The minimum atomic E-state index is -0.388. The van der Waals surface area contributed by atoms with E-state index in [0.29, 0.717) is 13.2 Å². The van der Waals surface area contributed by atoms with E-state index in [1.54, 1.807) is 7.11 Å². The Hall–Kier alpha value is -0.720. The van der Waals surface area contributed by atoms with Crippen molar-refractivity contribution in [2.24, 2.45) is 17.8 Å². The highest BCUT2D eigenvalue weighted by molar-refractivity contribution is 5.85. The second-order valence-corrected chi connectivity index (χ2v) is 10.0. The molecule has 1 aromatic carbocycles. The second-order valence-electron chi connectivity index (χ2n) is 10.0. The molecule has 31 heavy (non-hydrogen) atoms. The molecular formula is C24H38Cl2N2O3. The zero-order valence-electron chi connectivity index (χ0n) is 18.6. The highest BCUT2D eigenvalue weighted by Gasteiger charge is 2.51. The lowest BCUT2D eigenvalue weighted by Crippen LogP contribution is -2.53. The van der Waals surface area contributed by atoms with Crippen LogP contribution in [0.3, 0.4) is 0 Å². The summed E-state index contributed by atoms with van der Waals surface area (Å²) in [6.45, 7) is 5.07. The van der Waals surface area contributed by atoms with Crippen molar-refractivity contribution in [2.75, 3.05) is 51.3 Å². The maximum atomic E-state index is 10.7. The highest BCUT2D eigenvalue weighted by atomic mass is 35.5. The van der Waals surface area contributed by atoms with Gasteiger partial charge in [-0.15, -0.1) is 24.8 Å². The van der Waals surface area contributed by atoms with Crippen molar-refractivity contribution in [3.63, 3.8) is 0 Å². The number of rotatable bonds is 7. The Morgan fingerprint density at radius 3 is 2.13 bits per heavy atom. The molecule has 1 N–H and O–H groups in total. The highest BCUT2D eigenvalue weighted by Crippen LogP contribution is 2.57. The summed E-state index contributed by atoms with van der Waals surface area (Å²) in [6.07, 6.45) is 7.63. The number of aliphatic hydroxyl groups excluding tert-OH is 1. The average Bonchev–Trinajstić information content (AvgIpc) is 2.72. The van der Waals surface area contributed by atoms with Crippen LogP contribution in [-0.4, -0.2) is 68.2 Å². The zero-order chi connectivity index (χ0) is 19.8. The number of anilines is 1. The second kappa shape index (κ2) is 10.5. The fourth-order valence-corrected chi connectivity index (χ4v) is 6.89. The monoisotopic (exact) mass is 472 g/mol. The van der Waals surface area contributed by atoms with Crippen LogP contribution in [0.2, 0.25) is 0 Å². The van der Waals surface area contributed by atoms with Crippen molar-refractivity contribution in [1.29, 1.82) is 0 Å². The van der Waals surface area contributed by atoms with Gasteiger partial charge in [0.25, 0.3) is 0 Å². The van der Waals surface area contributed by atoms with Gasteiger partial charge in [0.1, 0.15) is 5.75 Å². The number of ether oxygens (including phenoxy) is 2. The van der Waals surface area contributed by atoms with E-state index < -0.39 is 0 Å². The fourth-order valence-electron chi connectivity index (χ4n) is 6.89. The lowest BCUT2D eigenvalue weighted by atomic mass is 9.54. The third-order valence-electron chi connectivity index (χ3n) is 7.83. The summed E-state index contributed by atoms with van der Waals surface area (Å²) in [4.78, 5) is 4.76. The zero-order valence-corrected chi connectivity index (χ0v) is 20.2. The van der Waals surface area contributed by atoms with Crippen LogP contribution in [0.4, 0.5) is 5.69 Å². The molecule has 1 aromatic rings. The molecule has 0 radical (unpaired) electrons. The fraction of sp³-hybridized carbons (Fsp3) is 0.750. The Balaban J connectivity index is 0.00000136. The van der Waals surface area contributed by atoms with Crippen molar-refractivity contribution in [2.45, 2.75) is 50.2 Å². The average molecular weight is 473 g/mol. The Labute approximate surface area is 199 Å². The Bertz CT molecular complexity index is 677. The van der Waals surface area contributed by atoms with Crippen LogP contribution in [0, 0.1) is 17.8 Å². The van der Waals surface area contributed by atoms with Gasteiger partial charge in [0, 0.05) is 32.7 Å². The molecule has 5 nitrogen and oxygen atoms in total. The topological polar surface area (TPSA) is 45.2 Å². The van der Waals surface area contributed by atoms with E-state index in [1.807, 2.05) is 12.1 Å². The number of hydrogen-bond donors (Lipinski definition) is 1. The molecule has 1 heterocycles. The largest absolute Gasteiger partial charge is 0.495 e. The number of benzene rings is 1. The predicted octanol–water partition coefficient (Wildman–Crippen LogP) is 4.01. The number of halogens is 2. The van der Waals surface area contributed by atoms with Gasteiger partial charge in [-0.25, -0.2) is 0 Å². The quantitative estimate of drug-likeness (QED) is 0.649. The lowest BCUT2D eigenvalue weighted by molar-refractivity contribution is -0.176. The van der Waals surface area contributed by atoms with Gasteiger partial charge in [0.05, 0.1) is 31.1 Å². The summed E-state index contributed by atoms with van der Waals surface area (Å²) in [7, 11) is 1.73. The van der Waals surface area contributed by atoms with E-state index in [0.717, 1.165) is 49.7 Å². The molecule has 5 aliphatic rings. The first-order valence-corrected chi connectivity index (χ1v) is 11.5. The lowest BCUT2D eigenvalue weighted by Gasteiger charge is -2.56. The molecular weight excluding hydrogens is 435 g/mol. The summed E-state index contributed by atoms with van der Waals surface area (Å²) in [6, 6.07) is 8.23. The minimum absolute atomic E-state index is 0. The molecule has 4 bridgehead atoms. The molecule has 7 heteroatoms. The summed E-state index contributed by atoms with van der Waals surface area (Å²) in [5.74, 6) is 3.61. The van der Waals surface area contributed by atoms with Crippen molar-refractivity contribution < 1.29 is 14.6 Å². The van der Waals surface area contributed by atoms with Gasteiger partial charge in [-0.05, 0) is 68.4 Å². The Morgan fingerprint density at radius 1 is 0.968 bits per heavy atom. The summed E-state index contributed by atoms with van der Waals surface area (Å²) < 4.78 is 12.0. The van der Waals surface area contributed by atoms with Gasteiger partial charge in [-0.3, -0.25) is 4.90 Å². The van der Waals surface area contributed by atoms with E-state index in [9.17, 15) is 5.11 Å². The SMILES string of the molecule is COc1ccccc1N1CCN(CC(O)COC23CC4CC(CC(C4)C2)C3)CC1.Cl.Cl. The van der Waals surface area contributed by atoms with E-state index >= 15 is 0 Å². The molecule has 4 saturated carbocycles. The van der Waals surface area contributed by atoms with Crippen LogP contribution < -0.4 is 9.64 Å². The third-order valence-corrected chi connectivity index (χ3v) is 7.83. The maximum absolute atomic E-state index is 10.7. The standard InChI is InChI=1S/C24H36N2O3.2ClH/c1-28-23-5-3-2-4-22(23)26-8-6-25(7-9-26)16-21(27)17-29-24-13-18-10-19(14-24)12-20(11-18)15-24;;/h2-5,18-21,27H,6-17H2,1H3;2*1H. The van der Waals surface area contributed by atoms with E-state index in [4.69, 9.17) is 9.47 Å². The summed E-state index contributed by atoms with van der Waals surface area (Å²) in [5.41, 5.74) is 1.26. The maximum Gasteiger partial charge on any atom is 0.142 e. The Kier molecular flexibility index (Phi) is 8.42. The number of β-amino-alcohol motifs (C(OH)–C–C–N with tert-alkyl or cyclic N) is 1. The van der Waals surface area contributed by atoms with Gasteiger partial charge in [0.2, 0.25) is 0 Å². The molecule has 6 rings (SSSR count). The molecule has 0 amide bonds. The van der Waals surface area contributed by atoms with E-state index in [2.05, 4.69) is 21.9 Å². The van der Waals surface area contributed by atoms with Gasteiger partial charge in [-0.1, -0.05) is 12.1 Å². The molecule has 1 aliphatic heterocycles. The molecule has 0 aromatic heterocycles. The normalized spacial score (nSPS) is 32.8. The predicted molar refractivity (Wildman–Crippen MR) is 129 cm³/mol. The number of para-hydroxylation sites is 2.